The normalized spacial score (nSPS) is 11.9. The lowest BCUT2D eigenvalue weighted by molar-refractivity contribution is -0.140. The second-order valence-electron chi connectivity index (χ2n) is 10.8. The van der Waals surface area contributed by atoms with Gasteiger partial charge in [0.2, 0.25) is 11.8 Å². The second kappa shape index (κ2) is 15.3. The summed E-state index contributed by atoms with van der Waals surface area (Å²) in [6.45, 7) is 6.04. The van der Waals surface area contributed by atoms with Crippen LogP contribution in [-0.4, -0.2) is 44.3 Å². The fraction of sp³-hybridized carbons (Fsp3) is 0.278. The van der Waals surface area contributed by atoms with E-state index < -0.39 is 28.5 Å². The molecule has 0 bridgehead atoms. The lowest BCUT2D eigenvalue weighted by atomic mass is 10.0. The lowest BCUT2D eigenvalue weighted by Crippen LogP contribution is -2.53. The van der Waals surface area contributed by atoms with Crippen molar-refractivity contribution in [3.63, 3.8) is 0 Å². The van der Waals surface area contributed by atoms with Crippen molar-refractivity contribution in [1.29, 1.82) is 0 Å². The number of carbonyl (C=O) groups is 2. The van der Waals surface area contributed by atoms with Gasteiger partial charge in [0, 0.05) is 19.5 Å². The zero-order valence-corrected chi connectivity index (χ0v) is 26.5. The Kier molecular flexibility index (Phi) is 11.3. The van der Waals surface area contributed by atoms with E-state index in [2.05, 4.69) is 5.32 Å². The van der Waals surface area contributed by atoms with Gasteiger partial charge in [-0.25, -0.2) is 8.42 Å². The van der Waals surface area contributed by atoms with Gasteiger partial charge in [0.15, 0.2) is 0 Å². The van der Waals surface area contributed by atoms with E-state index in [1.54, 1.807) is 35.2 Å². The van der Waals surface area contributed by atoms with E-state index in [9.17, 15) is 18.0 Å². The fourth-order valence-corrected chi connectivity index (χ4v) is 6.65. The molecule has 2 amide bonds. The Labute approximate surface area is 261 Å². The third-order valence-corrected chi connectivity index (χ3v) is 9.45. The molecule has 0 spiro atoms. The highest BCUT2D eigenvalue weighted by Crippen LogP contribution is 2.28. The van der Waals surface area contributed by atoms with E-state index in [1.165, 1.54) is 16.4 Å². The monoisotopic (exact) mass is 611 g/mol. The molecule has 4 aromatic carbocycles. The van der Waals surface area contributed by atoms with Crippen molar-refractivity contribution in [2.24, 2.45) is 0 Å². The molecular formula is C36H41N3O4S. The molecule has 0 fully saturated rings. The number of nitrogens with one attached hydrogen (secondary N) is 1. The predicted octanol–water partition coefficient (Wildman–Crippen LogP) is 5.92. The highest BCUT2D eigenvalue weighted by Gasteiger charge is 2.35. The molecule has 0 unspecified atom stereocenters. The van der Waals surface area contributed by atoms with Crippen LogP contribution in [0, 0.1) is 6.92 Å². The van der Waals surface area contributed by atoms with Crippen LogP contribution in [0.1, 0.15) is 42.5 Å². The number of aryl methyl sites for hydroxylation is 2. The topological polar surface area (TPSA) is 86.8 Å². The smallest absolute Gasteiger partial charge is 0.264 e. The van der Waals surface area contributed by atoms with Gasteiger partial charge in [-0.1, -0.05) is 105 Å². The third-order valence-electron chi connectivity index (χ3n) is 7.67. The van der Waals surface area contributed by atoms with E-state index >= 15 is 0 Å². The number of anilines is 1. The molecular weight excluding hydrogens is 570 g/mol. The first-order valence-corrected chi connectivity index (χ1v) is 16.5. The summed E-state index contributed by atoms with van der Waals surface area (Å²) < 4.78 is 29.6. The minimum atomic E-state index is -4.13. The molecule has 0 aliphatic carbocycles. The van der Waals surface area contributed by atoms with Gasteiger partial charge in [0.05, 0.1) is 10.6 Å². The van der Waals surface area contributed by atoms with Crippen molar-refractivity contribution in [2.45, 2.75) is 57.5 Å². The highest BCUT2D eigenvalue weighted by atomic mass is 32.2. The Balaban J connectivity index is 1.82. The van der Waals surface area contributed by atoms with Crippen molar-refractivity contribution in [1.82, 2.24) is 10.2 Å². The van der Waals surface area contributed by atoms with Gasteiger partial charge < -0.3 is 10.2 Å². The summed E-state index contributed by atoms with van der Waals surface area (Å²) in [7, 11) is -4.13. The lowest BCUT2D eigenvalue weighted by Gasteiger charge is -2.34. The van der Waals surface area contributed by atoms with E-state index in [0.29, 0.717) is 18.7 Å². The number of carbonyl (C=O) groups excluding carboxylic acids is 2. The number of benzene rings is 4. The quantitative estimate of drug-likeness (QED) is 0.192. The maximum atomic E-state index is 14.6. The molecule has 4 rings (SSSR count). The molecule has 1 N–H and O–H groups in total. The van der Waals surface area contributed by atoms with Crippen molar-refractivity contribution in [2.75, 3.05) is 17.4 Å². The highest BCUT2D eigenvalue weighted by molar-refractivity contribution is 7.92. The Morgan fingerprint density at radius 3 is 2.00 bits per heavy atom. The van der Waals surface area contributed by atoms with Crippen LogP contribution in [0.3, 0.4) is 0 Å². The summed E-state index contributed by atoms with van der Waals surface area (Å²) in [6.07, 6.45) is 1.60. The summed E-state index contributed by atoms with van der Waals surface area (Å²) in [6, 6.07) is 31.8. The number of rotatable bonds is 14. The SMILES string of the molecule is CCCNC(=O)[C@@H](Cc1ccccc1)N(Cc1ccccc1C)C(=O)CN(c1ccccc1CC)S(=O)(=O)c1ccccc1. The molecule has 7 nitrogen and oxygen atoms in total. The van der Waals surface area contributed by atoms with E-state index in [4.69, 9.17) is 0 Å². The second-order valence-corrected chi connectivity index (χ2v) is 12.6. The first-order chi connectivity index (χ1) is 21.3. The minimum absolute atomic E-state index is 0.0886. The molecule has 0 aliphatic rings. The molecule has 8 heteroatoms. The van der Waals surface area contributed by atoms with Crippen LogP contribution < -0.4 is 9.62 Å². The standard InChI is InChI=1S/C36H41N3O4S/c1-4-24-37-36(41)34(25-29-17-8-6-9-18-29)38(26-31-20-13-12-16-28(31)3)35(40)27-39(33-23-15-14-19-30(33)5-2)44(42,43)32-21-10-7-11-22-32/h6-23,34H,4-5,24-27H2,1-3H3,(H,37,41)/t34-/m1/s1. The van der Waals surface area contributed by atoms with Crippen LogP contribution >= 0.6 is 0 Å². The van der Waals surface area contributed by atoms with Crippen molar-refractivity contribution in [3.8, 4) is 0 Å². The predicted molar refractivity (Wildman–Crippen MR) is 176 cm³/mol. The van der Waals surface area contributed by atoms with Gasteiger partial charge in [-0.3, -0.25) is 13.9 Å². The zero-order chi connectivity index (χ0) is 31.5. The molecule has 4 aromatic rings. The largest absolute Gasteiger partial charge is 0.354 e. The van der Waals surface area contributed by atoms with E-state index in [1.807, 2.05) is 87.5 Å². The summed E-state index contributed by atoms with van der Waals surface area (Å²) in [5.74, 6) is -0.740. The molecule has 0 heterocycles. The van der Waals surface area contributed by atoms with E-state index in [-0.39, 0.29) is 23.8 Å². The number of hydrogen-bond acceptors (Lipinski definition) is 4. The Bertz CT molecular complexity index is 1640. The first-order valence-electron chi connectivity index (χ1n) is 15.1. The molecule has 1 atom stereocenters. The van der Waals surface area contributed by atoms with Gasteiger partial charge in [0.25, 0.3) is 10.0 Å². The molecule has 0 radical (unpaired) electrons. The van der Waals surface area contributed by atoms with Crippen LogP contribution in [0.25, 0.3) is 0 Å². The number of amides is 2. The van der Waals surface area contributed by atoms with Crippen LogP contribution in [0.15, 0.2) is 114 Å². The number of hydrogen-bond donors (Lipinski definition) is 1. The molecule has 0 saturated heterocycles. The fourth-order valence-electron chi connectivity index (χ4n) is 5.18. The van der Waals surface area contributed by atoms with Crippen molar-refractivity contribution in [3.05, 3.63) is 131 Å². The van der Waals surface area contributed by atoms with Crippen LogP contribution in [0.4, 0.5) is 5.69 Å². The van der Waals surface area contributed by atoms with Gasteiger partial charge in [-0.15, -0.1) is 0 Å². The summed E-state index contributed by atoms with van der Waals surface area (Å²) in [5, 5.41) is 2.98. The molecule has 44 heavy (non-hydrogen) atoms. The average molecular weight is 612 g/mol. The Morgan fingerprint density at radius 2 is 1.36 bits per heavy atom. The number of nitrogens with zero attached hydrogens (tertiary/aromatic N) is 2. The first kappa shape index (κ1) is 32.5. The van der Waals surface area contributed by atoms with Crippen LogP contribution in [-0.2, 0) is 39.0 Å². The summed E-state index contributed by atoms with van der Waals surface area (Å²) in [4.78, 5) is 30.0. The minimum Gasteiger partial charge on any atom is -0.354 e. The third kappa shape index (κ3) is 7.94. The van der Waals surface area contributed by atoms with Crippen molar-refractivity contribution < 1.29 is 18.0 Å². The molecule has 0 aromatic heterocycles. The molecule has 230 valence electrons. The summed E-state index contributed by atoms with van der Waals surface area (Å²) in [5.41, 5.74) is 4.00. The average Bonchev–Trinajstić information content (AvgIpc) is 3.05. The van der Waals surface area contributed by atoms with Gasteiger partial charge in [-0.2, -0.15) is 0 Å². The zero-order valence-electron chi connectivity index (χ0n) is 25.6. The van der Waals surface area contributed by atoms with Gasteiger partial charge in [-0.05, 0) is 60.2 Å². The maximum Gasteiger partial charge on any atom is 0.264 e. The van der Waals surface area contributed by atoms with Crippen LogP contribution in [0.5, 0.6) is 0 Å². The van der Waals surface area contributed by atoms with Gasteiger partial charge in [0.1, 0.15) is 12.6 Å². The van der Waals surface area contributed by atoms with Crippen molar-refractivity contribution >= 4 is 27.5 Å². The Morgan fingerprint density at radius 1 is 0.773 bits per heavy atom. The number of sulfonamides is 1. The maximum absolute atomic E-state index is 14.6. The number of para-hydroxylation sites is 1. The van der Waals surface area contributed by atoms with Crippen LogP contribution in [0.2, 0.25) is 0 Å². The molecule has 0 saturated carbocycles. The molecule has 0 aliphatic heterocycles. The Hall–Kier alpha value is -4.43. The summed E-state index contributed by atoms with van der Waals surface area (Å²) >= 11 is 0. The van der Waals surface area contributed by atoms with Gasteiger partial charge >= 0.3 is 0 Å². The van der Waals surface area contributed by atoms with E-state index in [0.717, 1.165) is 28.7 Å².